The number of hydrogen-bond acceptors (Lipinski definition) is 2. The van der Waals surface area contributed by atoms with E-state index in [1.165, 1.54) is 0 Å². The molecule has 1 amide bonds. The fourth-order valence-electron chi connectivity index (χ4n) is 2.21. The number of carbonyl (C=O) groups excluding carboxylic acids is 1. The minimum Gasteiger partial charge on any atom is -0.395 e. The zero-order valence-corrected chi connectivity index (χ0v) is 11.2. The van der Waals surface area contributed by atoms with Gasteiger partial charge in [0.15, 0.2) is 0 Å². The van der Waals surface area contributed by atoms with Gasteiger partial charge in [0.05, 0.1) is 6.61 Å². The van der Waals surface area contributed by atoms with E-state index in [0.717, 1.165) is 17.2 Å². The number of fused-ring (bicyclic) bond motifs is 1. The highest BCUT2D eigenvalue weighted by atomic mass is 16.3. The first-order valence-electron chi connectivity index (χ1n) is 6.65. The second-order valence-electron chi connectivity index (χ2n) is 4.58. The Morgan fingerprint density at radius 3 is 2.53 bits per heavy atom. The molecule has 0 saturated heterocycles. The van der Waals surface area contributed by atoms with E-state index < -0.39 is 0 Å². The van der Waals surface area contributed by atoms with E-state index in [9.17, 15) is 4.79 Å². The van der Waals surface area contributed by atoms with Crippen LogP contribution in [0.2, 0.25) is 0 Å². The molecule has 1 N–H and O–H groups in total. The van der Waals surface area contributed by atoms with Crippen LogP contribution in [-0.2, 0) is 0 Å². The second kappa shape index (κ2) is 6.34. The Bertz CT molecular complexity index is 559. The molecule has 0 saturated carbocycles. The van der Waals surface area contributed by atoms with Gasteiger partial charge in [-0.1, -0.05) is 37.3 Å². The van der Waals surface area contributed by atoms with Crippen LogP contribution in [0.4, 0.5) is 0 Å². The van der Waals surface area contributed by atoms with Crippen molar-refractivity contribution in [3.05, 3.63) is 48.0 Å². The van der Waals surface area contributed by atoms with Crippen molar-refractivity contribution in [1.82, 2.24) is 4.90 Å². The van der Waals surface area contributed by atoms with Crippen molar-refractivity contribution >= 4 is 16.7 Å². The second-order valence-corrected chi connectivity index (χ2v) is 4.58. The third-order valence-corrected chi connectivity index (χ3v) is 3.15. The maximum Gasteiger partial charge on any atom is 0.253 e. The van der Waals surface area contributed by atoms with Crippen LogP contribution in [-0.4, -0.2) is 35.6 Å². The predicted molar refractivity (Wildman–Crippen MR) is 77.2 cm³/mol. The summed E-state index contributed by atoms with van der Waals surface area (Å²) in [6.07, 6.45) is 0.888. The molecular weight excluding hydrogens is 238 g/mol. The van der Waals surface area contributed by atoms with E-state index in [2.05, 4.69) is 0 Å². The first-order chi connectivity index (χ1) is 9.26. The average Bonchev–Trinajstić information content (AvgIpc) is 2.46. The molecule has 0 atom stereocenters. The summed E-state index contributed by atoms with van der Waals surface area (Å²) in [6.45, 7) is 3.09. The molecular formula is C16H19NO2. The van der Waals surface area contributed by atoms with Gasteiger partial charge >= 0.3 is 0 Å². The van der Waals surface area contributed by atoms with E-state index in [-0.39, 0.29) is 12.5 Å². The van der Waals surface area contributed by atoms with Gasteiger partial charge in [0.1, 0.15) is 0 Å². The number of carbonyl (C=O) groups is 1. The van der Waals surface area contributed by atoms with Crippen LogP contribution < -0.4 is 0 Å². The van der Waals surface area contributed by atoms with Gasteiger partial charge in [0, 0.05) is 18.7 Å². The molecule has 0 aliphatic carbocycles. The molecule has 0 fully saturated rings. The Balaban J connectivity index is 2.29. The number of nitrogens with zero attached hydrogens (tertiary/aromatic N) is 1. The van der Waals surface area contributed by atoms with Crippen molar-refractivity contribution < 1.29 is 9.90 Å². The van der Waals surface area contributed by atoms with Crippen LogP contribution in [0.15, 0.2) is 42.5 Å². The van der Waals surface area contributed by atoms with Crippen LogP contribution in [0.5, 0.6) is 0 Å². The fourth-order valence-corrected chi connectivity index (χ4v) is 2.21. The van der Waals surface area contributed by atoms with Gasteiger partial charge in [0.2, 0.25) is 0 Å². The summed E-state index contributed by atoms with van der Waals surface area (Å²) in [6, 6.07) is 13.7. The SMILES string of the molecule is CCCN(CCO)C(=O)c1ccc2ccccc2c1. The molecule has 100 valence electrons. The Hall–Kier alpha value is -1.87. The lowest BCUT2D eigenvalue weighted by Gasteiger charge is -2.21. The third kappa shape index (κ3) is 3.12. The normalized spacial score (nSPS) is 10.6. The third-order valence-electron chi connectivity index (χ3n) is 3.15. The smallest absolute Gasteiger partial charge is 0.253 e. The fraction of sp³-hybridized carbons (Fsp3) is 0.312. The van der Waals surface area contributed by atoms with Gasteiger partial charge < -0.3 is 10.0 Å². The number of aliphatic hydroxyl groups is 1. The number of amides is 1. The first-order valence-corrected chi connectivity index (χ1v) is 6.65. The molecule has 0 heterocycles. The van der Waals surface area contributed by atoms with Gasteiger partial charge in [-0.05, 0) is 29.3 Å². The lowest BCUT2D eigenvalue weighted by Crippen LogP contribution is -2.34. The molecule has 3 heteroatoms. The molecule has 2 rings (SSSR count). The number of hydrogen-bond donors (Lipinski definition) is 1. The van der Waals surface area contributed by atoms with Crippen LogP contribution >= 0.6 is 0 Å². The molecule has 0 unspecified atom stereocenters. The summed E-state index contributed by atoms with van der Waals surface area (Å²) in [4.78, 5) is 14.1. The van der Waals surface area contributed by atoms with E-state index in [4.69, 9.17) is 5.11 Å². The minimum absolute atomic E-state index is 0.000673. The summed E-state index contributed by atoms with van der Waals surface area (Å²) in [5, 5.41) is 11.2. The van der Waals surface area contributed by atoms with Gasteiger partial charge in [0.25, 0.3) is 5.91 Å². The van der Waals surface area contributed by atoms with Crippen molar-refractivity contribution in [3.63, 3.8) is 0 Å². The maximum absolute atomic E-state index is 12.4. The molecule has 3 nitrogen and oxygen atoms in total. The molecule has 0 spiro atoms. The lowest BCUT2D eigenvalue weighted by atomic mass is 10.1. The molecule has 2 aromatic rings. The van der Waals surface area contributed by atoms with Crippen molar-refractivity contribution in [1.29, 1.82) is 0 Å². The predicted octanol–water partition coefficient (Wildman–Crippen LogP) is 2.68. The van der Waals surface area contributed by atoms with Crippen molar-refractivity contribution in [2.24, 2.45) is 0 Å². The summed E-state index contributed by atoms with van der Waals surface area (Å²) in [5.74, 6) is -0.0124. The van der Waals surface area contributed by atoms with Gasteiger partial charge in [-0.3, -0.25) is 4.79 Å². The zero-order chi connectivity index (χ0) is 13.7. The summed E-state index contributed by atoms with van der Waals surface area (Å²) in [7, 11) is 0. The van der Waals surface area contributed by atoms with E-state index in [1.54, 1.807) is 4.90 Å². The lowest BCUT2D eigenvalue weighted by molar-refractivity contribution is 0.0722. The van der Waals surface area contributed by atoms with Crippen LogP contribution in [0.3, 0.4) is 0 Å². The summed E-state index contributed by atoms with van der Waals surface area (Å²) >= 11 is 0. The Morgan fingerprint density at radius 1 is 1.11 bits per heavy atom. The highest BCUT2D eigenvalue weighted by molar-refractivity contribution is 5.98. The zero-order valence-electron chi connectivity index (χ0n) is 11.2. The molecule has 0 bridgehead atoms. The molecule has 0 aliphatic heterocycles. The first kappa shape index (κ1) is 13.6. The van der Waals surface area contributed by atoms with Crippen LogP contribution in [0.1, 0.15) is 23.7 Å². The van der Waals surface area contributed by atoms with Gasteiger partial charge in [-0.2, -0.15) is 0 Å². The van der Waals surface area contributed by atoms with Gasteiger partial charge in [-0.25, -0.2) is 0 Å². The number of benzene rings is 2. The molecule has 0 radical (unpaired) electrons. The van der Waals surface area contributed by atoms with E-state index in [1.807, 2.05) is 49.4 Å². The highest BCUT2D eigenvalue weighted by Gasteiger charge is 2.14. The van der Waals surface area contributed by atoms with Crippen LogP contribution in [0, 0.1) is 0 Å². The molecule has 19 heavy (non-hydrogen) atoms. The molecule has 0 aromatic heterocycles. The number of aliphatic hydroxyl groups excluding tert-OH is 1. The minimum atomic E-state index is -0.0124. The quantitative estimate of drug-likeness (QED) is 0.894. The molecule has 0 aliphatic rings. The van der Waals surface area contributed by atoms with Crippen molar-refractivity contribution in [2.45, 2.75) is 13.3 Å². The van der Waals surface area contributed by atoms with Crippen LogP contribution in [0.25, 0.3) is 10.8 Å². The van der Waals surface area contributed by atoms with Crippen molar-refractivity contribution in [3.8, 4) is 0 Å². The number of rotatable bonds is 5. The summed E-state index contributed by atoms with van der Waals surface area (Å²) in [5.41, 5.74) is 0.681. The Kier molecular flexibility index (Phi) is 4.53. The molecule has 2 aromatic carbocycles. The van der Waals surface area contributed by atoms with Crippen molar-refractivity contribution in [2.75, 3.05) is 19.7 Å². The van der Waals surface area contributed by atoms with E-state index in [0.29, 0.717) is 18.7 Å². The highest BCUT2D eigenvalue weighted by Crippen LogP contribution is 2.17. The maximum atomic E-state index is 12.4. The standard InChI is InChI=1S/C16H19NO2/c1-2-9-17(10-11-18)16(19)15-8-7-13-5-3-4-6-14(13)12-15/h3-8,12,18H,2,9-11H2,1H3. The average molecular weight is 257 g/mol. The topological polar surface area (TPSA) is 40.5 Å². The monoisotopic (exact) mass is 257 g/mol. The summed E-state index contributed by atoms with van der Waals surface area (Å²) < 4.78 is 0. The Morgan fingerprint density at radius 2 is 1.84 bits per heavy atom. The largest absolute Gasteiger partial charge is 0.395 e. The van der Waals surface area contributed by atoms with E-state index >= 15 is 0 Å². The Labute approximate surface area is 113 Å². The van der Waals surface area contributed by atoms with Gasteiger partial charge in [-0.15, -0.1) is 0 Å².